The predicted octanol–water partition coefficient (Wildman–Crippen LogP) is 6.24. The fourth-order valence-electron chi connectivity index (χ4n) is 4.31. The maximum atomic E-state index is 6.22. The van der Waals surface area contributed by atoms with Crippen LogP contribution in [-0.2, 0) is 0 Å². The van der Waals surface area contributed by atoms with Crippen LogP contribution in [0.2, 0.25) is 0 Å². The highest BCUT2D eigenvalue weighted by Crippen LogP contribution is 2.40. The quantitative estimate of drug-likeness (QED) is 0.344. The summed E-state index contributed by atoms with van der Waals surface area (Å²) in [6.45, 7) is 9.03. The average Bonchev–Trinajstić information content (AvgIpc) is 2.82. The molecule has 0 fully saturated rings. The van der Waals surface area contributed by atoms with E-state index in [0.717, 1.165) is 18.8 Å². The van der Waals surface area contributed by atoms with Gasteiger partial charge in [0.05, 0.1) is 6.61 Å². The van der Waals surface area contributed by atoms with Crippen molar-refractivity contribution in [1.82, 2.24) is 0 Å². The van der Waals surface area contributed by atoms with Crippen molar-refractivity contribution in [3.63, 3.8) is 0 Å². The van der Waals surface area contributed by atoms with E-state index in [4.69, 9.17) is 4.74 Å². The van der Waals surface area contributed by atoms with Crippen LogP contribution in [0.25, 0.3) is 0 Å². The van der Waals surface area contributed by atoms with Crippen LogP contribution in [0.3, 0.4) is 0 Å². The van der Waals surface area contributed by atoms with Crippen molar-refractivity contribution in [2.45, 2.75) is 26.7 Å². The van der Waals surface area contributed by atoms with Crippen molar-refractivity contribution in [3.05, 3.63) is 83.4 Å². The van der Waals surface area contributed by atoms with Gasteiger partial charge < -0.3 is 19.4 Å². The van der Waals surface area contributed by atoms with Gasteiger partial charge in [-0.15, -0.1) is 0 Å². The highest BCUT2D eigenvalue weighted by molar-refractivity contribution is 5.60. The molecule has 0 radical (unpaired) electrons. The van der Waals surface area contributed by atoms with Crippen LogP contribution >= 0.6 is 0 Å². The largest absolute Gasteiger partial charge is 0.493 e. The van der Waals surface area contributed by atoms with E-state index in [9.17, 15) is 0 Å². The number of ether oxygens (including phenoxy) is 1. The Morgan fingerprint density at radius 3 is 1.48 bits per heavy atom. The lowest BCUT2D eigenvalue weighted by Gasteiger charge is -2.26. The van der Waals surface area contributed by atoms with E-state index < -0.39 is 0 Å². The lowest BCUT2D eigenvalue weighted by molar-refractivity contribution is 0.336. The molecule has 3 aromatic carbocycles. The third-order valence-electron chi connectivity index (χ3n) is 6.22. The lowest BCUT2D eigenvalue weighted by Crippen LogP contribution is -2.22. The van der Waals surface area contributed by atoms with Gasteiger partial charge in [-0.1, -0.05) is 30.3 Å². The fraction of sp³-hybridized carbons (Fsp3) is 0.379. The van der Waals surface area contributed by atoms with Crippen LogP contribution in [0.5, 0.6) is 5.75 Å². The van der Waals surface area contributed by atoms with E-state index in [1.807, 2.05) is 0 Å². The number of anilines is 3. The van der Waals surface area contributed by atoms with Gasteiger partial charge in [-0.3, -0.25) is 0 Å². The summed E-state index contributed by atoms with van der Waals surface area (Å²) in [5.41, 5.74) is 7.31. The zero-order valence-electron chi connectivity index (χ0n) is 21.3. The Kier molecular flexibility index (Phi) is 8.26. The molecule has 4 nitrogen and oxygen atoms in total. The molecular weight excluding hydrogens is 406 g/mol. The van der Waals surface area contributed by atoms with Crippen LogP contribution in [0.4, 0.5) is 17.1 Å². The lowest BCUT2D eigenvalue weighted by atomic mass is 9.84. The SMILES string of the molecule is CCOc1cc(N(CC)CC)ccc1C(c1ccc(N(C)C)cc1)c1ccc(N(C)C)cc1. The van der Waals surface area contributed by atoms with E-state index >= 15 is 0 Å². The minimum absolute atomic E-state index is 0.0877. The zero-order chi connectivity index (χ0) is 24.0. The van der Waals surface area contributed by atoms with Crippen molar-refractivity contribution in [2.75, 3.05) is 62.6 Å². The molecule has 33 heavy (non-hydrogen) atoms. The van der Waals surface area contributed by atoms with Gasteiger partial charge >= 0.3 is 0 Å². The Morgan fingerprint density at radius 2 is 1.09 bits per heavy atom. The predicted molar refractivity (Wildman–Crippen MR) is 144 cm³/mol. The first kappa shape index (κ1) is 24.5. The molecule has 176 valence electrons. The Bertz CT molecular complexity index is 955. The summed E-state index contributed by atoms with van der Waals surface area (Å²) in [5, 5.41) is 0. The maximum absolute atomic E-state index is 6.22. The highest BCUT2D eigenvalue weighted by Gasteiger charge is 2.22. The summed E-state index contributed by atoms with van der Waals surface area (Å²) in [5.74, 6) is 1.05. The number of benzene rings is 3. The summed E-state index contributed by atoms with van der Waals surface area (Å²) in [6.07, 6.45) is 0. The number of rotatable bonds is 10. The van der Waals surface area contributed by atoms with Crippen molar-refractivity contribution in [1.29, 1.82) is 0 Å². The van der Waals surface area contributed by atoms with E-state index in [-0.39, 0.29) is 5.92 Å². The molecule has 3 aromatic rings. The molecule has 4 heteroatoms. The standard InChI is InChI=1S/C29H39N3O/c1-8-32(9-2)26-19-20-27(28(21-26)33-10-3)29(22-11-15-24(16-12-22)30(4)5)23-13-17-25(18-14-23)31(6)7/h11-21,29H,8-10H2,1-7H3. The normalized spacial score (nSPS) is 10.9. The molecule has 0 spiro atoms. The van der Waals surface area contributed by atoms with E-state index in [0.29, 0.717) is 6.61 Å². The minimum atomic E-state index is 0.0877. The van der Waals surface area contributed by atoms with Crippen molar-refractivity contribution in [2.24, 2.45) is 0 Å². The third-order valence-corrected chi connectivity index (χ3v) is 6.22. The Labute approximate surface area is 200 Å². The molecule has 0 aliphatic heterocycles. The number of nitrogens with zero attached hydrogens (tertiary/aromatic N) is 3. The molecule has 0 N–H and O–H groups in total. The molecule has 3 rings (SSSR count). The van der Waals surface area contributed by atoms with Crippen molar-refractivity contribution < 1.29 is 4.74 Å². The average molecular weight is 446 g/mol. The molecule has 0 saturated heterocycles. The molecule has 0 amide bonds. The van der Waals surface area contributed by atoms with E-state index in [2.05, 4.69) is 130 Å². The topological polar surface area (TPSA) is 19.0 Å². The number of hydrogen-bond acceptors (Lipinski definition) is 4. The van der Waals surface area contributed by atoms with Gasteiger partial charge in [0.1, 0.15) is 5.75 Å². The molecule has 0 bridgehead atoms. The summed E-state index contributed by atoms with van der Waals surface area (Å²) in [6, 6.07) is 24.5. The Hall–Kier alpha value is -3.14. The van der Waals surface area contributed by atoms with Crippen molar-refractivity contribution >= 4 is 17.1 Å². The second kappa shape index (κ2) is 11.1. The molecule has 0 aromatic heterocycles. The first-order chi connectivity index (χ1) is 15.9. The first-order valence-electron chi connectivity index (χ1n) is 12.0. The summed E-state index contributed by atoms with van der Waals surface area (Å²) < 4.78 is 6.22. The second-order valence-electron chi connectivity index (χ2n) is 8.73. The van der Waals surface area contributed by atoms with Gasteiger partial charge in [-0.05, 0) is 62.2 Å². The van der Waals surface area contributed by atoms with Crippen LogP contribution in [-0.4, -0.2) is 47.9 Å². The minimum Gasteiger partial charge on any atom is -0.493 e. The molecule has 0 heterocycles. The molecule has 0 aliphatic carbocycles. The molecule has 0 saturated carbocycles. The third kappa shape index (κ3) is 5.62. The van der Waals surface area contributed by atoms with Gasteiger partial charge in [-0.25, -0.2) is 0 Å². The Morgan fingerprint density at radius 1 is 0.636 bits per heavy atom. The van der Waals surface area contributed by atoms with E-state index in [1.165, 1.54) is 33.8 Å². The number of hydrogen-bond donors (Lipinski definition) is 0. The molecule has 0 unspecified atom stereocenters. The first-order valence-corrected chi connectivity index (χ1v) is 12.0. The second-order valence-corrected chi connectivity index (χ2v) is 8.73. The van der Waals surface area contributed by atoms with Gasteiger partial charge in [0, 0.05) is 75.9 Å². The van der Waals surface area contributed by atoms with E-state index in [1.54, 1.807) is 0 Å². The summed E-state index contributed by atoms with van der Waals surface area (Å²) in [7, 11) is 8.30. The Balaban J connectivity index is 2.15. The van der Waals surface area contributed by atoms with Crippen LogP contribution < -0.4 is 19.4 Å². The zero-order valence-corrected chi connectivity index (χ0v) is 21.3. The van der Waals surface area contributed by atoms with Crippen molar-refractivity contribution in [3.8, 4) is 5.75 Å². The summed E-state index contributed by atoms with van der Waals surface area (Å²) in [4.78, 5) is 6.63. The highest BCUT2D eigenvalue weighted by atomic mass is 16.5. The smallest absolute Gasteiger partial charge is 0.125 e. The molecular formula is C29H39N3O. The van der Waals surface area contributed by atoms with Gasteiger partial charge in [0.25, 0.3) is 0 Å². The van der Waals surface area contributed by atoms with Crippen LogP contribution in [0.15, 0.2) is 66.7 Å². The maximum Gasteiger partial charge on any atom is 0.125 e. The molecule has 0 atom stereocenters. The van der Waals surface area contributed by atoms with Crippen LogP contribution in [0, 0.1) is 0 Å². The van der Waals surface area contributed by atoms with Crippen LogP contribution in [0.1, 0.15) is 43.4 Å². The fourth-order valence-corrected chi connectivity index (χ4v) is 4.31. The monoisotopic (exact) mass is 445 g/mol. The molecule has 0 aliphatic rings. The van der Waals surface area contributed by atoms with Gasteiger partial charge in [-0.2, -0.15) is 0 Å². The summed E-state index contributed by atoms with van der Waals surface area (Å²) >= 11 is 0. The van der Waals surface area contributed by atoms with Gasteiger partial charge in [0.15, 0.2) is 0 Å². The van der Waals surface area contributed by atoms with Gasteiger partial charge in [0.2, 0.25) is 0 Å².